The van der Waals surface area contributed by atoms with Crippen LogP contribution in [0.4, 0.5) is 0 Å². The number of carbonyl (C=O) groups excluding carboxylic acids is 2. The fourth-order valence-electron chi connectivity index (χ4n) is 2.84. The van der Waals surface area contributed by atoms with E-state index in [2.05, 4.69) is 15.4 Å². The van der Waals surface area contributed by atoms with Crippen LogP contribution in [0.25, 0.3) is 5.82 Å². The first-order valence-electron chi connectivity index (χ1n) is 8.06. The fourth-order valence-corrected chi connectivity index (χ4v) is 2.84. The van der Waals surface area contributed by atoms with Gasteiger partial charge >= 0.3 is 0 Å². The van der Waals surface area contributed by atoms with Crippen molar-refractivity contribution in [2.75, 3.05) is 6.54 Å². The van der Waals surface area contributed by atoms with Gasteiger partial charge in [0.05, 0.1) is 5.92 Å². The van der Waals surface area contributed by atoms with Crippen LogP contribution in [0.5, 0.6) is 0 Å². The zero-order valence-electron chi connectivity index (χ0n) is 13.8. The molecule has 1 atom stereocenters. The van der Waals surface area contributed by atoms with Crippen LogP contribution in [0, 0.1) is 5.92 Å². The van der Waals surface area contributed by atoms with E-state index in [1.54, 1.807) is 22.0 Å². The predicted octanol–water partition coefficient (Wildman–Crippen LogP) is 1.14. The molecule has 1 aliphatic heterocycles. The van der Waals surface area contributed by atoms with Gasteiger partial charge in [0.1, 0.15) is 0 Å². The number of rotatable bonds is 5. The molecule has 3 rings (SSSR count). The summed E-state index contributed by atoms with van der Waals surface area (Å²) in [6.07, 6.45) is 5.49. The Kier molecular flexibility index (Phi) is 4.59. The van der Waals surface area contributed by atoms with Crippen molar-refractivity contribution >= 4 is 11.8 Å². The molecule has 0 aliphatic carbocycles. The molecule has 0 radical (unpaired) electrons. The minimum atomic E-state index is -0.271. The first-order chi connectivity index (χ1) is 11.5. The summed E-state index contributed by atoms with van der Waals surface area (Å²) >= 11 is 0. The number of aromatic nitrogens is 3. The predicted molar refractivity (Wildman–Crippen MR) is 88.2 cm³/mol. The highest BCUT2D eigenvalue weighted by Gasteiger charge is 2.35. The Morgan fingerprint density at radius 3 is 2.92 bits per heavy atom. The van der Waals surface area contributed by atoms with Gasteiger partial charge < -0.3 is 10.2 Å². The molecule has 1 N–H and O–H groups in total. The molecule has 0 saturated carbocycles. The molecule has 1 aliphatic rings. The molecule has 0 spiro atoms. The Hall–Kier alpha value is -2.70. The minimum Gasteiger partial charge on any atom is -0.352 e. The Balaban J connectivity index is 1.59. The van der Waals surface area contributed by atoms with Crippen molar-refractivity contribution in [2.45, 2.75) is 32.9 Å². The van der Waals surface area contributed by atoms with E-state index in [1.165, 1.54) is 0 Å². The second kappa shape index (κ2) is 6.82. The van der Waals surface area contributed by atoms with E-state index in [4.69, 9.17) is 0 Å². The van der Waals surface area contributed by atoms with E-state index in [0.717, 1.165) is 5.56 Å². The summed E-state index contributed by atoms with van der Waals surface area (Å²) in [5.41, 5.74) is 0.939. The van der Waals surface area contributed by atoms with Crippen LogP contribution in [0.3, 0.4) is 0 Å². The summed E-state index contributed by atoms with van der Waals surface area (Å²) < 4.78 is 1.67. The standard InChI is InChI=1S/C17H21N5O2/c1-12(2)21-11-14(9-16(21)23)17(24)19-10-13-4-6-18-15(8-13)22-7-3-5-20-22/h3-8,12,14H,9-11H2,1-2H3,(H,19,24)/t14-/m0/s1. The van der Waals surface area contributed by atoms with Gasteiger partial charge in [-0.15, -0.1) is 0 Å². The largest absolute Gasteiger partial charge is 0.352 e. The molecule has 0 aromatic carbocycles. The maximum atomic E-state index is 12.3. The van der Waals surface area contributed by atoms with Crippen LogP contribution in [0.15, 0.2) is 36.8 Å². The van der Waals surface area contributed by atoms with Crippen molar-refractivity contribution in [3.8, 4) is 5.82 Å². The minimum absolute atomic E-state index is 0.0510. The normalized spacial score (nSPS) is 17.5. The zero-order chi connectivity index (χ0) is 17.1. The first-order valence-corrected chi connectivity index (χ1v) is 8.06. The molecule has 1 saturated heterocycles. The monoisotopic (exact) mass is 327 g/mol. The van der Waals surface area contributed by atoms with Gasteiger partial charge in [0.25, 0.3) is 0 Å². The van der Waals surface area contributed by atoms with E-state index in [0.29, 0.717) is 25.3 Å². The molecule has 7 nitrogen and oxygen atoms in total. The highest BCUT2D eigenvalue weighted by molar-refractivity contribution is 5.89. The summed E-state index contributed by atoms with van der Waals surface area (Å²) in [5, 5.41) is 7.06. The number of carbonyl (C=O) groups is 2. The lowest BCUT2D eigenvalue weighted by Crippen LogP contribution is -2.35. The topological polar surface area (TPSA) is 80.1 Å². The molecule has 0 bridgehead atoms. The molecule has 1 fully saturated rings. The molecular weight excluding hydrogens is 306 g/mol. The Morgan fingerprint density at radius 2 is 2.25 bits per heavy atom. The molecule has 7 heteroatoms. The van der Waals surface area contributed by atoms with Crippen molar-refractivity contribution in [2.24, 2.45) is 5.92 Å². The third-order valence-electron chi connectivity index (χ3n) is 4.17. The van der Waals surface area contributed by atoms with Crippen molar-refractivity contribution in [3.63, 3.8) is 0 Å². The highest BCUT2D eigenvalue weighted by Crippen LogP contribution is 2.20. The van der Waals surface area contributed by atoms with Gasteiger partial charge in [-0.05, 0) is 37.6 Å². The summed E-state index contributed by atoms with van der Waals surface area (Å²) in [4.78, 5) is 30.3. The molecular formula is C17H21N5O2. The molecule has 2 amide bonds. The summed E-state index contributed by atoms with van der Waals surface area (Å²) in [6, 6.07) is 5.70. The van der Waals surface area contributed by atoms with Crippen molar-refractivity contribution < 1.29 is 9.59 Å². The smallest absolute Gasteiger partial charge is 0.225 e. The highest BCUT2D eigenvalue weighted by atomic mass is 16.2. The van der Waals surface area contributed by atoms with E-state index in [-0.39, 0.29) is 23.8 Å². The van der Waals surface area contributed by atoms with Crippen LogP contribution in [0.2, 0.25) is 0 Å². The van der Waals surface area contributed by atoms with Gasteiger partial charge in [0.15, 0.2) is 5.82 Å². The van der Waals surface area contributed by atoms with Crippen molar-refractivity contribution in [3.05, 3.63) is 42.4 Å². The maximum Gasteiger partial charge on any atom is 0.225 e. The molecule has 3 heterocycles. The lowest BCUT2D eigenvalue weighted by Gasteiger charge is -2.20. The second-order valence-corrected chi connectivity index (χ2v) is 6.23. The zero-order valence-corrected chi connectivity index (χ0v) is 13.8. The van der Waals surface area contributed by atoms with E-state index >= 15 is 0 Å². The van der Waals surface area contributed by atoms with E-state index in [9.17, 15) is 9.59 Å². The van der Waals surface area contributed by atoms with Gasteiger partial charge in [-0.1, -0.05) is 0 Å². The molecule has 24 heavy (non-hydrogen) atoms. The quantitative estimate of drug-likeness (QED) is 0.893. The van der Waals surface area contributed by atoms with Gasteiger partial charge in [0, 0.05) is 44.1 Å². The number of pyridine rings is 1. The number of amides is 2. The Bertz CT molecular complexity index is 726. The summed E-state index contributed by atoms with van der Waals surface area (Å²) in [7, 11) is 0. The van der Waals surface area contributed by atoms with E-state index in [1.807, 2.05) is 38.2 Å². The SMILES string of the molecule is CC(C)N1C[C@@H](C(=O)NCc2ccnc(-n3cccn3)c2)CC1=O. The second-order valence-electron chi connectivity index (χ2n) is 6.23. The third kappa shape index (κ3) is 3.45. The lowest BCUT2D eigenvalue weighted by molar-refractivity contribution is -0.129. The third-order valence-corrected chi connectivity index (χ3v) is 4.17. The van der Waals surface area contributed by atoms with Gasteiger partial charge in [-0.25, -0.2) is 9.67 Å². The maximum absolute atomic E-state index is 12.3. The van der Waals surface area contributed by atoms with E-state index < -0.39 is 0 Å². The Labute approximate surface area is 140 Å². The Morgan fingerprint density at radius 1 is 1.42 bits per heavy atom. The molecule has 126 valence electrons. The number of nitrogens with one attached hydrogen (secondary N) is 1. The molecule has 2 aromatic rings. The van der Waals surface area contributed by atoms with Gasteiger partial charge in [-0.3, -0.25) is 9.59 Å². The average molecular weight is 327 g/mol. The van der Waals surface area contributed by atoms with Crippen molar-refractivity contribution in [1.82, 2.24) is 25.0 Å². The van der Waals surface area contributed by atoms with Crippen molar-refractivity contribution in [1.29, 1.82) is 0 Å². The lowest BCUT2D eigenvalue weighted by atomic mass is 10.1. The van der Waals surface area contributed by atoms with Crippen LogP contribution in [0.1, 0.15) is 25.8 Å². The van der Waals surface area contributed by atoms with Crippen LogP contribution >= 0.6 is 0 Å². The van der Waals surface area contributed by atoms with Crippen LogP contribution in [-0.4, -0.2) is 44.1 Å². The van der Waals surface area contributed by atoms with Gasteiger partial charge in [0.2, 0.25) is 11.8 Å². The number of hydrogen-bond acceptors (Lipinski definition) is 4. The average Bonchev–Trinajstić information content (AvgIpc) is 3.22. The summed E-state index contributed by atoms with van der Waals surface area (Å²) in [6.45, 7) is 4.83. The molecule has 0 unspecified atom stereocenters. The number of nitrogens with zero attached hydrogens (tertiary/aromatic N) is 4. The van der Waals surface area contributed by atoms with Crippen LogP contribution in [-0.2, 0) is 16.1 Å². The number of hydrogen-bond donors (Lipinski definition) is 1. The van der Waals surface area contributed by atoms with Gasteiger partial charge in [-0.2, -0.15) is 5.10 Å². The van der Waals surface area contributed by atoms with Crippen LogP contribution < -0.4 is 5.32 Å². The fraction of sp³-hybridized carbons (Fsp3) is 0.412. The molecule has 2 aromatic heterocycles. The first kappa shape index (κ1) is 16.2. The number of likely N-dealkylation sites (tertiary alicyclic amines) is 1. The summed E-state index contributed by atoms with van der Waals surface area (Å²) in [5.74, 6) is 0.403.